The van der Waals surface area contributed by atoms with Crippen LogP contribution >= 0.6 is 0 Å². The number of aromatic nitrogens is 2. The van der Waals surface area contributed by atoms with Crippen molar-refractivity contribution in [2.24, 2.45) is 0 Å². The van der Waals surface area contributed by atoms with E-state index in [9.17, 15) is 0 Å². The second kappa shape index (κ2) is 6.39. The van der Waals surface area contributed by atoms with Crippen LogP contribution in [0.5, 0.6) is 0 Å². The molecule has 0 amide bonds. The lowest BCUT2D eigenvalue weighted by Crippen LogP contribution is -2.42. The molecule has 0 aliphatic carbocycles. The maximum atomic E-state index is 4.19. The van der Waals surface area contributed by atoms with E-state index in [0.717, 1.165) is 26.1 Å². The van der Waals surface area contributed by atoms with Gasteiger partial charge in [0.2, 0.25) is 0 Å². The predicted octanol–water partition coefficient (Wildman–Crippen LogP) is 3.51. The van der Waals surface area contributed by atoms with Gasteiger partial charge in [0.1, 0.15) is 0 Å². The molecule has 3 nitrogen and oxygen atoms in total. The standard InChI is InChI=1S/C20H21N3/c1-2-6-17(7-3-1)13-23-14-19-9-5-4-8-18(19)12-20(23)15-22-11-10-21-16-22/h1-11,16,20H,12-15H2. The highest BCUT2D eigenvalue weighted by molar-refractivity contribution is 5.30. The third-order valence-electron chi connectivity index (χ3n) is 4.67. The van der Waals surface area contributed by atoms with E-state index in [4.69, 9.17) is 0 Å². The fourth-order valence-electron chi connectivity index (χ4n) is 3.46. The molecule has 0 bridgehead atoms. The summed E-state index contributed by atoms with van der Waals surface area (Å²) in [5.74, 6) is 0. The molecule has 1 aromatic heterocycles. The zero-order valence-electron chi connectivity index (χ0n) is 13.2. The Morgan fingerprint density at radius 1 is 0.957 bits per heavy atom. The summed E-state index contributed by atoms with van der Waals surface area (Å²) in [6, 6.07) is 20.1. The van der Waals surface area contributed by atoms with E-state index in [1.165, 1.54) is 16.7 Å². The zero-order valence-corrected chi connectivity index (χ0v) is 13.2. The molecule has 2 heterocycles. The van der Waals surface area contributed by atoms with Gasteiger partial charge in [0, 0.05) is 38.1 Å². The number of hydrogen-bond acceptors (Lipinski definition) is 2. The number of fused-ring (bicyclic) bond motifs is 1. The maximum absolute atomic E-state index is 4.19. The molecule has 0 saturated heterocycles. The van der Waals surface area contributed by atoms with Crippen molar-refractivity contribution in [3.8, 4) is 0 Å². The Bertz CT molecular complexity index is 750. The SMILES string of the molecule is c1ccc(CN2Cc3ccccc3CC2Cn2ccnc2)cc1. The molecule has 0 N–H and O–H groups in total. The van der Waals surface area contributed by atoms with Gasteiger partial charge in [-0.15, -0.1) is 0 Å². The molecule has 23 heavy (non-hydrogen) atoms. The van der Waals surface area contributed by atoms with Crippen molar-refractivity contribution in [1.29, 1.82) is 0 Å². The topological polar surface area (TPSA) is 21.1 Å². The number of nitrogens with zero attached hydrogens (tertiary/aromatic N) is 3. The molecule has 1 atom stereocenters. The molecule has 1 aliphatic rings. The van der Waals surface area contributed by atoms with E-state index >= 15 is 0 Å². The zero-order chi connectivity index (χ0) is 15.5. The minimum atomic E-state index is 0.499. The Kier molecular flexibility index (Phi) is 3.95. The Morgan fingerprint density at radius 2 is 1.74 bits per heavy atom. The lowest BCUT2D eigenvalue weighted by Gasteiger charge is -2.37. The van der Waals surface area contributed by atoms with Crippen molar-refractivity contribution in [3.05, 3.63) is 90.0 Å². The monoisotopic (exact) mass is 303 g/mol. The number of hydrogen-bond donors (Lipinski definition) is 0. The average Bonchev–Trinajstić information content (AvgIpc) is 3.09. The molecule has 2 aromatic carbocycles. The Balaban J connectivity index is 1.60. The van der Waals surface area contributed by atoms with Crippen LogP contribution in [-0.4, -0.2) is 20.5 Å². The smallest absolute Gasteiger partial charge is 0.0946 e. The van der Waals surface area contributed by atoms with Crippen molar-refractivity contribution < 1.29 is 0 Å². The van der Waals surface area contributed by atoms with Gasteiger partial charge in [-0.05, 0) is 23.1 Å². The van der Waals surface area contributed by atoms with Crippen LogP contribution in [0.15, 0.2) is 73.3 Å². The summed E-state index contributed by atoms with van der Waals surface area (Å²) >= 11 is 0. The number of benzene rings is 2. The van der Waals surface area contributed by atoms with E-state index in [-0.39, 0.29) is 0 Å². The normalized spacial score (nSPS) is 17.8. The molecule has 0 saturated carbocycles. The van der Waals surface area contributed by atoms with Crippen molar-refractivity contribution in [3.63, 3.8) is 0 Å². The van der Waals surface area contributed by atoms with E-state index < -0.39 is 0 Å². The lowest BCUT2D eigenvalue weighted by molar-refractivity contribution is 0.146. The van der Waals surface area contributed by atoms with Crippen LogP contribution < -0.4 is 0 Å². The van der Waals surface area contributed by atoms with Gasteiger partial charge in [-0.25, -0.2) is 4.98 Å². The fraction of sp³-hybridized carbons (Fsp3) is 0.250. The molecule has 3 aromatic rings. The Hall–Kier alpha value is -2.39. The maximum Gasteiger partial charge on any atom is 0.0946 e. The first kappa shape index (κ1) is 14.2. The molecular weight excluding hydrogens is 282 g/mol. The lowest BCUT2D eigenvalue weighted by atomic mass is 9.93. The van der Waals surface area contributed by atoms with Crippen LogP contribution in [0.2, 0.25) is 0 Å². The van der Waals surface area contributed by atoms with Crippen LogP contribution in [0.25, 0.3) is 0 Å². The van der Waals surface area contributed by atoms with Gasteiger partial charge < -0.3 is 4.57 Å². The highest BCUT2D eigenvalue weighted by Crippen LogP contribution is 2.25. The van der Waals surface area contributed by atoms with Gasteiger partial charge in [-0.2, -0.15) is 0 Å². The van der Waals surface area contributed by atoms with E-state index in [0.29, 0.717) is 6.04 Å². The summed E-state index contributed by atoms with van der Waals surface area (Å²) in [7, 11) is 0. The molecule has 0 radical (unpaired) electrons. The summed E-state index contributed by atoms with van der Waals surface area (Å²) in [5, 5.41) is 0. The second-order valence-corrected chi connectivity index (χ2v) is 6.28. The molecule has 116 valence electrons. The van der Waals surface area contributed by atoms with Gasteiger partial charge >= 0.3 is 0 Å². The van der Waals surface area contributed by atoms with E-state index in [1.54, 1.807) is 0 Å². The van der Waals surface area contributed by atoms with E-state index in [1.807, 2.05) is 12.5 Å². The average molecular weight is 303 g/mol. The highest BCUT2D eigenvalue weighted by atomic mass is 15.2. The van der Waals surface area contributed by atoms with E-state index in [2.05, 4.69) is 75.2 Å². The molecule has 0 spiro atoms. The summed E-state index contributed by atoms with van der Waals surface area (Å²) in [5.41, 5.74) is 4.33. The van der Waals surface area contributed by atoms with Crippen molar-refractivity contribution in [2.75, 3.05) is 0 Å². The largest absolute Gasteiger partial charge is 0.336 e. The molecule has 4 rings (SSSR count). The Morgan fingerprint density at radius 3 is 2.52 bits per heavy atom. The fourth-order valence-corrected chi connectivity index (χ4v) is 3.46. The highest BCUT2D eigenvalue weighted by Gasteiger charge is 2.26. The van der Waals surface area contributed by atoms with Gasteiger partial charge in [0.25, 0.3) is 0 Å². The summed E-state index contributed by atoms with van der Waals surface area (Å²) in [6.45, 7) is 3.00. The summed E-state index contributed by atoms with van der Waals surface area (Å²) in [6.07, 6.45) is 6.93. The first-order valence-electron chi connectivity index (χ1n) is 8.19. The quantitative estimate of drug-likeness (QED) is 0.735. The van der Waals surface area contributed by atoms with Gasteiger partial charge in [0.15, 0.2) is 0 Å². The van der Waals surface area contributed by atoms with Crippen LogP contribution in [0.1, 0.15) is 16.7 Å². The van der Waals surface area contributed by atoms with Crippen LogP contribution in [0.3, 0.4) is 0 Å². The Labute approximate surface area is 137 Å². The van der Waals surface area contributed by atoms with Crippen LogP contribution in [0, 0.1) is 0 Å². The minimum absolute atomic E-state index is 0.499. The number of rotatable bonds is 4. The molecule has 1 unspecified atom stereocenters. The minimum Gasteiger partial charge on any atom is -0.336 e. The predicted molar refractivity (Wildman–Crippen MR) is 91.9 cm³/mol. The first-order valence-corrected chi connectivity index (χ1v) is 8.19. The summed E-state index contributed by atoms with van der Waals surface area (Å²) in [4.78, 5) is 6.78. The molecule has 3 heteroatoms. The summed E-state index contributed by atoms with van der Waals surface area (Å²) < 4.78 is 2.19. The van der Waals surface area contributed by atoms with Gasteiger partial charge in [-0.1, -0.05) is 54.6 Å². The van der Waals surface area contributed by atoms with Crippen molar-refractivity contribution in [2.45, 2.75) is 32.1 Å². The number of imidazole rings is 1. The third-order valence-corrected chi connectivity index (χ3v) is 4.67. The van der Waals surface area contributed by atoms with Gasteiger partial charge in [0.05, 0.1) is 6.33 Å². The first-order chi connectivity index (χ1) is 11.4. The molecular formula is C20H21N3. The van der Waals surface area contributed by atoms with Crippen LogP contribution in [-0.2, 0) is 26.1 Å². The van der Waals surface area contributed by atoms with Crippen LogP contribution in [0.4, 0.5) is 0 Å². The molecule has 0 fully saturated rings. The second-order valence-electron chi connectivity index (χ2n) is 6.28. The van der Waals surface area contributed by atoms with Crippen molar-refractivity contribution >= 4 is 0 Å². The third kappa shape index (κ3) is 3.20. The van der Waals surface area contributed by atoms with Gasteiger partial charge in [-0.3, -0.25) is 4.90 Å². The molecule has 1 aliphatic heterocycles. The van der Waals surface area contributed by atoms with Crippen molar-refractivity contribution in [1.82, 2.24) is 14.5 Å².